The minimum Gasteiger partial charge on any atom is -1.00 e. The van der Waals surface area contributed by atoms with E-state index in [9.17, 15) is 0 Å². The molecule has 0 aliphatic heterocycles. The Bertz CT molecular complexity index is 142. The molecule has 1 rings (SSSR count). The van der Waals surface area contributed by atoms with Crippen LogP contribution in [0.2, 0.25) is 0 Å². The fourth-order valence-electron chi connectivity index (χ4n) is 0.534. The molecule has 0 aromatic heterocycles. The molecular formula is C7H10Mg. The van der Waals surface area contributed by atoms with Gasteiger partial charge in [-0.2, -0.15) is 0 Å². The van der Waals surface area contributed by atoms with E-state index in [0.29, 0.717) is 0 Å². The van der Waals surface area contributed by atoms with Gasteiger partial charge in [0.25, 0.3) is 0 Å². The quantitative estimate of drug-likeness (QED) is 0.456. The molecule has 0 fully saturated rings. The largest absolute Gasteiger partial charge is 2.00 e. The standard InChI is InChI=1S/C7H8.Mg.2H/c1-7-5-3-2-4-6-7;;;/h2-6H,1H3;;;/q;+2;2*-1. The topological polar surface area (TPSA) is 0 Å². The molecule has 0 aliphatic rings. The van der Waals surface area contributed by atoms with Crippen LogP contribution in [0.15, 0.2) is 30.3 Å². The molecule has 0 heterocycles. The van der Waals surface area contributed by atoms with Gasteiger partial charge in [-0.3, -0.25) is 0 Å². The number of hydrogen-bond acceptors (Lipinski definition) is 0. The SMILES string of the molecule is Cc1ccccc1.[H-].[H-].[Mg+2]. The summed E-state index contributed by atoms with van der Waals surface area (Å²) in [5.74, 6) is 0. The molecule has 0 atom stereocenters. The summed E-state index contributed by atoms with van der Waals surface area (Å²) in [6.45, 7) is 2.08. The van der Waals surface area contributed by atoms with E-state index in [1.807, 2.05) is 18.2 Å². The van der Waals surface area contributed by atoms with Gasteiger partial charge in [-0.15, -0.1) is 0 Å². The number of rotatable bonds is 0. The average Bonchev–Trinajstić information content (AvgIpc) is 1.69. The van der Waals surface area contributed by atoms with Crippen molar-refractivity contribution in [1.82, 2.24) is 0 Å². The maximum Gasteiger partial charge on any atom is 2.00 e. The molecule has 0 N–H and O–H groups in total. The molecule has 1 aromatic rings. The summed E-state index contributed by atoms with van der Waals surface area (Å²) in [6.07, 6.45) is 0. The molecular weight excluding hydrogens is 108 g/mol. The monoisotopic (exact) mass is 118 g/mol. The van der Waals surface area contributed by atoms with Gasteiger partial charge in [0, 0.05) is 0 Å². The molecule has 0 nitrogen and oxygen atoms in total. The van der Waals surface area contributed by atoms with Gasteiger partial charge >= 0.3 is 23.1 Å². The number of benzene rings is 1. The molecule has 0 amide bonds. The van der Waals surface area contributed by atoms with Crippen LogP contribution in [0.25, 0.3) is 0 Å². The van der Waals surface area contributed by atoms with Crippen LogP contribution >= 0.6 is 0 Å². The molecule has 1 aromatic carbocycles. The maximum atomic E-state index is 2.08. The zero-order valence-electron chi connectivity index (χ0n) is 7.09. The van der Waals surface area contributed by atoms with Crippen LogP contribution in [0.5, 0.6) is 0 Å². The summed E-state index contributed by atoms with van der Waals surface area (Å²) in [5, 5.41) is 0. The predicted molar refractivity (Wildman–Crippen MR) is 39.2 cm³/mol. The Balaban J connectivity index is -0.000000163. The van der Waals surface area contributed by atoms with Gasteiger partial charge in [0.05, 0.1) is 0 Å². The van der Waals surface area contributed by atoms with Gasteiger partial charge in [-0.1, -0.05) is 35.9 Å². The van der Waals surface area contributed by atoms with E-state index in [0.717, 1.165) is 0 Å². The van der Waals surface area contributed by atoms with E-state index in [1.54, 1.807) is 0 Å². The van der Waals surface area contributed by atoms with Gasteiger partial charge in [-0.05, 0) is 6.92 Å². The molecule has 1 heteroatoms. The first-order valence-corrected chi connectivity index (χ1v) is 2.41. The molecule has 0 radical (unpaired) electrons. The first-order chi connectivity index (χ1) is 3.39. The smallest absolute Gasteiger partial charge is 1.00 e. The number of aryl methyl sites for hydroxylation is 1. The molecule has 40 valence electrons. The Morgan fingerprint density at radius 2 is 1.62 bits per heavy atom. The van der Waals surface area contributed by atoms with Crippen LogP contribution < -0.4 is 0 Å². The Kier molecular flexibility index (Phi) is 3.92. The van der Waals surface area contributed by atoms with E-state index >= 15 is 0 Å². The van der Waals surface area contributed by atoms with Crippen molar-refractivity contribution in [1.29, 1.82) is 0 Å². The minimum atomic E-state index is 0. The van der Waals surface area contributed by atoms with Gasteiger partial charge in [0.1, 0.15) is 0 Å². The van der Waals surface area contributed by atoms with Crippen LogP contribution in [0.1, 0.15) is 8.42 Å². The Morgan fingerprint density at radius 3 is 1.88 bits per heavy atom. The fraction of sp³-hybridized carbons (Fsp3) is 0.143. The third-order valence-electron chi connectivity index (χ3n) is 0.940. The van der Waals surface area contributed by atoms with Crippen molar-refractivity contribution in [2.75, 3.05) is 0 Å². The summed E-state index contributed by atoms with van der Waals surface area (Å²) in [4.78, 5) is 0. The summed E-state index contributed by atoms with van der Waals surface area (Å²) in [5.41, 5.74) is 1.32. The van der Waals surface area contributed by atoms with Crippen molar-refractivity contribution in [3.05, 3.63) is 35.9 Å². The van der Waals surface area contributed by atoms with Gasteiger partial charge in [0.15, 0.2) is 0 Å². The Morgan fingerprint density at radius 1 is 1.12 bits per heavy atom. The third kappa shape index (κ3) is 2.33. The van der Waals surface area contributed by atoms with E-state index in [4.69, 9.17) is 0 Å². The summed E-state index contributed by atoms with van der Waals surface area (Å²) < 4.78 is 0. The van der Waals surface area contributed by atoms with Gasteiger partial charge in [0.2, 0.25) is 0 Å². The van der Waals surface area contributed by atoms with E-state index in [-0.39, 0.29) is 25.9 Å². The second-order valence-corrected chi connectivity index (χ2v) is 1.65. The predicted octanol–water partition coefficient (Wildman–Crippen LogP) is 1.84. The molecule has 0 spiro atoms. The van der Waals surface area contributed by atoms with Crippen LogP contribution in [0.4, 0.5) is 0 Å². The second-order valence-electron chi connectivity index (χ2n) is 1.65. The molecule has 0 bridgehead atoms. The van der Waals surface area contributed by atoms with Crippen molar-refractivity contribution in [3.63, 3.8) is 0 Å². The molecule has 8 heavy (non-hydrogen) atoms. The Hall–Kier alpha value is -0.0138. The van der Waals surface area contributed by atoms with Crippen LogP contribution in [-0.2, 0) is 0 Å². The Labute approximate surface area is 69.0 Å². The summed E-state index contributed by atoms with van der Waals surface area (Å²) >= 11 is 0. The minimum absolute atomic E-state index is 0. The van der Waals surface area contributed by atoms with Crippen LogP contribution in [-0.4, -0.2) is 23.1 Å². The zero-order valence-corrected chi connectivity index (χ0v) is 6.51. The van der Waals surface area contributed by atoms with Crippen molar-refractivity contribution >= 4 is 23.1 Å². The van der Waals surface area contributed by atoms with Crippen molar-refractivity contribution in [2.24, 2.45) is 0 Å². The van der Waals surface area contributed by atoms with Crippen molar-refractivity contribution in [3.8, 4) is 0 Å². The second kappa shape index (κ2) is 3.93. The van der Waals surface area contributed by atoms with Crippen molar-refractivity contribution in [2.45, 2.75) is 6.92 Å². The average molecular weight is 118 g/mol. The van der Waals surface area contributed by atoms with E-state index in [2.05, 4.69) is 19.1 Å². The van der Waals surface area contributed by atoms with Gasteiger partial charge < -0.3 is 2.85 Å². The summed E-state index contributed by atoms with van der Waals surface area (Å²) in [6, 6.07) is 10.3. The molecule has 0 saturated carbocycles. The number of hydrogen-bond donors (Lipinski definition) is 0. The fourth-order valence-corrected chi connectivity index (χ4v) is 0.534. The summed E-state index contributed by atoms with van der Waals surface area (Å²) in [7, 11) is 0. The molecule has 0 unspecified atom stereocenters. The van der Waals surface area contributed by atoms with E-state index in [1.165, 1.54) is 5.56 Å². The van der Waals surface area contributed by atoms with E-state index < -0.39 is 0 Å². The first kappa shape index (κ1) is 7.99. The molecule has 0 aliphatic carbocycles. The van der Waals surface area contributed by atoms with Crippen LogP contribution in [0.3, 0.4) is 0 Å². The first-order valence-electron chi connectivity index (χ1n) is 2.41. The third-order valence-corrected chi connectivity index (χ3v) is 0.940. The zero-order chi connectivity index (χ0) is 5.11. The normalized spacial score (nSPS) is 7.62. The van der Waals surface area contributed by atoms with Gasteiger partial charge in [-0.25, -0.2) is 0 Å². The molecule has 0 saturated heterocycles. The van der Waals surface area contributed by atoms with Crippen LogP contribution in [0, 0.1) is 6.92 Å². The maximum absolute atomic E-state index is 2.08. The van der Waals surface area contributed by atoms with Crippen molar-refractivity contribution < 1.29 is 2.85 Å².